The normalized spacial score (nSPS) is 11.6. The van der Waals surface area contributed by atoms with E-state index in [1.54, 1.807) is 36.4 Å². The van der Waals surface area contributed by atoms with Crippen LogP contribution in [0.4, 0.5) is 24.5 Å². The van der Waals surface area contributed by atoms with Crippen LogP contribution in [0.15, 0.2) is 102 Å². The van der Waals surface area contributed by atoms with Gasteiger partial charge >= 0.3 is 6.18 Å². The summed E-state index contributed by atoms with van der Waals surface area (Å²) in [6.07, 6.45) is -4.65. The van der Waals surface area contributed by atoms with E-state index in [0.29, 0.717) is 11.3 Å². The molecule has 4 aromatic rings. The average molecular weight is 575 g/mol. The summed E-state index contributed by atoms with van der Waals surface area (Å²) >= 11 is 6.07. The van der Waals surface area contributed by atoms with Crippen LogP contribution < -0.4 is 14.4 Å². The first-order valence-electron chi connectivity index (χ1n) is 11.5. The van der Waals surface area contributed by atoms with Gasteiger partial charge in [-0.05, 0) is 60.2 Å². The number of anilines is 2. The molecule has 0 saturated carbocycles. The first-order valence-corrected chi connectivity index (χ1v) is 13.3. The van der Waals surface area contributed by atoms with Crippen LogP contribution in [0.2, 0.25) is 5.02 Å². The highest BCUT2D eigenvalue weighted by Gasteiger charge is 2.32. The Bertz CT molecular complexity index is 1580. The summed E-state index contributed by atoms with van der Waals surface area (Å²) in [5.41, 5.74) is -0.676. The van der Waals surface area contributed by atoms with Crippen LogP contribution in [0.3, 0.4) is 0 Å². The fourth-order valence-corrected chi connectivity index (χ4v) is 5.43. The Morgan fingerprint density at radius 1 is 0.923 bits per heavy atom. The summed E-state index contributed by atoms with van der Waals surface area (Å²) in [4.78, 5) is 13.3. The molecule has 4 aromatic carbocycles. The molecular weight excluding hydrogens is 553 g/mol. The minimum Gasteiger partial charge on any atom is -0.497 e. The number of carbonyl (C=O) groups excluding carboxylic acids is 1. The minimum atomic E-state index is -4.65. The molecule has 0 fully saturated rings. The summed E-state index contributed by atoms with van der Waals surface area (Å²) < 4.78 is 73.7. The fourth-order valence-electron chi connectivity index (χ4n) is 3.79. The van der Waals surface area contributed by atoms with Crippen molar-refractivity contribution in [3.05, 3.63) is 119 Å². The van der Waals surface area contributed by atoms with E-state index in [9.17, 15) is 26.4 Å². The summed E-state index contributed by atoms with van der Waals surface area (Å²) in [5, 5.41) is 2.29. The molecule has 0 saturated heterocycles. The zero-order valence-electron chi connectivity index (χ0n) is 20.4. The second kappa shape index (κ2) is 11.4. The first kappa shape index (κ1) is 28.0. The Balaban J connectivity index is 1.78. The van der Waals surface area contributed by atoms with Crippen LogP contribution in [0, 0.1) is 0 Å². The molecule has 0 atom stereocenters. The van der Waals surface area contributed by atoms with E-state index in [2.05, 4.69) is 5.32 Å². The zero-order chi connectivity index (χ0) is 28.2. The van der Waals surface area contributed by atoms with Crippen LogP contribution in [-0.2, 0) is 22.7 Å². The monoisotopic (exact) mass is 574 g/mol. The first-order chi connectivity index (χ1) is 18.5. The maximum atomic E-state index is 13.9. The lowest BCUT2D eigenvalue weighted by Crippen LogP contribution is -2.32. The van der Waals surface area contributed by atoms with Gasteiger partial charge < -0.3 is 10.1 Å². The predicted octanol–water partition coefficient (Wildman–Crippen LogP) is 7.02. The van der Waals surface area contributed by atoms with E-state index in [1.807, 2.05) is 0 Å². The number of amides is 1. The van der Waals surface area contributed by atoms with E-state index in [0.717, 1.165) is 22.5 Å². The lowest BCUT2D eigenvalue weighted by atomic mass is 10.1. The molecule has 0 spiro atoms. The highest BCUT2D eigenvalue weighted by atomic mass is 35.5. The van der Waals surface area contributed by atoms with Gasteiger partial charge in [-0.2, -0.15) is 13.2 Å². The molecule has 0 aliphatic heterocycles. The predicted molar refractivity (Wildman–Crippen MR) is 144 cm³/mol. The Hall–Kier alpha value is -4.02. The van der Waals surface area contributed by atoms with Gasteiger partial charge in [-0.3, -0.25) is 9.10 Å². The maximum Gasteiger partial charge on any atom is 0.416 e. The lowest BCUT2D eigenvalue weighted by Gasteiger charge is -2.27. The number of hydrogen-bond donors (Lipinski definition) is 1. The van der Waals surface area contributed by atoms with E-state index in [-0.39, 0.29) is 33.4 Å². The van der Waals surface area contributed by atoms with Crippen LogP contribution in [0.25, 0.3) is 0 Å². The highest BCUT2D eigenvalue weighted by Crippen LogP contribution is 2.35. The van der Waals surface area contributed by atoms with Crippen molar-refractivity contribution < 1.29 is 31.1 Å². The third-order valence-corrected chi connectivity index (χ3v) is 7.88. The molecule has 0 unspecified atom stereocenters. The number of para-hydroxylation sites is 1. The number of halogens is 4. The van der Waals surface area contributed by atoms with Crippen molar-refractivity contribution in [2.75, 3.05) is 16.7 Å². The zero-order valence-corrected chi connectivity index (χ0v) is 22.0. The minimum absolute atomic E-state index is 0.0257. The number of benzene rings is 4. The second-order valence-corrected chi connectivity index (χ2v) is 10.6. The van der Waals surface area contributed by atoms with Crippen LogP contribution >= 0.6 is 11.6 Å². The van der Waals surface area contributed by atoms with Crippen molar-refractivity contribution in [3.8, 4) is 5.75 Å². The average Bonchev–Trinajstić information content (AvgIpc) is 2.92. The molecule has 1 amide bonds. The van der Waals surface area contributed by atoms with E-state index >= 15 is 0 Å². The summed E-state index contributed by atoms with van der Waals surface area (Å²) in [6.45, 7) is -0.121. The number of hydrogen-bond acceptors (Lipinski definition) is 4. The number of sulfonamides is 1. The van der Waals surface area contributed by atoms with Crippen molar-refractivity contribution in [1.82, 2.24) is 0 Å². The molecule has 6 nitrogen and oxygen atoms in total. The quantitative estimate of drug-likeness (QED) is 0.245. The van der Waals surface area contributed by atoms with Gasteiger partial charge in [0.2, 0.25) is 0 Å². The standard InChI is InChI=1S/C28H22ClF3N2O4S/c1-38-21-12-14-22(15-13-21)39(36,37)34(18-19-7-3-2-4-8-19)26-10-6-5-9-23(26)27(35)33-25-17-20(28(30,31)32)11-16-24(25)29/h2-17H,18H2,1H3,(H,33,35). The van der Waals surface area contributed by atoms with Crippen molar-refractivity contribution in [1.29, 1.82) is 0 Å². The molecule has 0 heterocycles. The molecule has 202 valence electrons. The van der Waals surface area contributed by atoms with Crippen LogP contribution in [0.1, 0.15) is 21.5 Å². The Morgan fingerprint density at radius 2 is 1.56 bits per heavy atom. The van der Waals surface area contributed by atoms with E-state index < -0.39 is 27.7 Å². The Morgan fingerprint density at radius 3 is 2.21 bits per heavy atom. The number of nitrogens with one attached hydrogen (secondary N) is 1. The van der Waals surface area contributed by atoms with Gasteiger partial charge in [-0.15, -0.1) is 0 Å². The van der Waals surface area contributed by atoms with Crippen molar-refractivity contribution in [2.24, 2.45) is 0 Å². The molecule has 0 aromatic heterocycles. The third-order valence-electron chi connectivity index (χ3n) is 5.78. The molecule has 1 N–H and O–H groups in total. The molecule has 0 aliphatic rings. The van der Waals surface area contributed by atoms with Crippen molar-refractivity contribution >= 4 is 38.9 Å². The molecular formula is C28H22ClF3N2O4S. The summed E-state index contributed by atoms with van der Waals surface area (Å²) in [7, 11) is -2.76. The largest absolute Gasteiger partial charge is 0.497 e. The third kappa shape index (κ3) is 6.35. The van der Waals surface area contributed by atoms with Gasteiger partial charge in [0.25, 0.3) is 15.9 Å². The van der Waals surface area contributed by atoms with Crippen molar-refractivity contribution in [2.45, 2.75) is 17.6 Å². The number of alkyl halides is 3. The van der Waals surface area contributed by atoms with E-state index in [4.69, 9.17) is 16.3 Å². The molecule has 39 heavy (non-hydrogen) atoms. The number of methoxy groups -OCH3 is 1. The van der Waals surface area contributed by atoms with Gasteiger partial charge in [0.05, 0.1) is 46.1 Å². The van der Waals surface area contributed by atoms with Gasteiger partial charge in [-0.1, -0.05) is 54.1 Å². The lowest BCUT2D eigenvalue weighted by molar-refractivity contribution is -0.137. The fraction of sp³-hybridized carbons (Fsp3) is 0.107. The maximum absolute atomic E-state index is 13.9. The topological polar surface area (TPSA) is 75.7 Å². The van der Waals surface area contributed by atoms with Gasteiger partial charge in [0, 0.05) is 0 Å². The molecule has 0 radical (unpaired) electrons. The smallest absolute Gasteiger partial charge is 0.416 e. The van der Waals surface area contributed by atoms with E-state index in [1.165, 1.54) is 49.6 Å². The van der Waals surface area contributed by atoms with Gasteiger partial charge in [0.15, 0.2) is 0 Å². The van der Waals surface area contributed by atoms with Gasteiger partial charge in [-0.25, -0.2) is 8.42 Å². The Kier molecular flexibility index (Phi) is 8.17. The molecule has 0 aliphatic carbocycles. The van der Waals surface area contributed by atoms with Crippen LogP contribution in [-0.4, -0.2) is 21.4 Å². The number of ether oxygens (including phenoxy) is 1. The number of carbonyl (C=O) groups is 1. The molecule has 11 heteroatoms. The highest BCUT2D eigenvalue weighted by molar-refractivity contribution is 7.92. The SMILES string of the molecule is COc1ccc(S(=O)(=O)N(Cc2ccccc2)c2ccccc2C(=O)Nc2cc(C(F)(F)F)ccc2Cl)cc1. The number of nitrogens with zero attached hydrogens (tertiary/aromatic N) is 1. The molecule has 4 rings (SSSR count). The van der Waals surface area contributed by atoms with Crippen LogP contribution in [0.5, 0.6) is 5.75 Å². The Labute approximate surface area is 228 Å². The summed E-state index contributed by atoms with van der Waals surface area (Å²) in [6, 6.07) is 23.0. The van der Waals surface area contributed by atoms with Gasteiger partial charge in [0.1, 0.15) is 5.75 Å². The second-order valence-electron chi connectivity index (χ2n) is 8.34. The summed E-state index contributed by atoms with van der Waals surface area (Å²) in [5.74, 6) is -0.379. The molecule has 0 bridgehead atoms. The number of rotatable bonds is 8. The van der Waals surface area contributed by atoms with Crippen molar-refractivity contribution in [3.63, 3.8) is 0 Å².